The molecule has 0 radical (unpaired) electrons. The van der Waals surface area contributed by atoms with E-state index in [2.05, 4.69) is 27.3 Å². The van der Waals surface area contributed by atoms with Crippen molar-refractivity contribution in [3.05, 3.63) is 22.4 Å². The summed E-state index contributed by atoms with van der Waals surface area (Å²) in [5.41, 5.74) is 0. The third-order valence-electron chi connectivity index (χ3n) is 4.53. The molecule has 6 heteroatoms. The van der Waals surface area contributed by atoms with Crippen LogP contribution in [0.3, 0.4) is 0 Å². The van der Waals surface area contributed by atoms with Gasteiger partial charge in [0.2, 0.25) is 0 Å². The Morgan fingerprint density at radius 3 is 2.83 bits per heavy atom. The molecule has 3 heterocycles. The summed E-state index contributed by atoms with van der Waals surface area (Å²) in [6.07, 6.45) is 2.05. The normalized spacial score (nSPS) is 25.0. The second-order valence-electron chi connectivity index (χ2n) is 6.48. The van der Waals surface area contributed by atoms with Crippen LogP contribution in [0.2, 0.25) is 0 Å². The number of rotatable bonds is 8. The number of nitrogens with zero attached hydrogens (tertiary/aromatic N) is 2. The van der Waals surface area contributed by atoms with Gasteiger partial charge in [0, 0.05) is 50.8 Å². The molecule has 23 heavy (non-hydrogen) atoms. The molecule has 2 fully saturated rings. The third-order valence-corrected chi connectivity index (χ3v) is 5.39. The zero-order valence-corrected chi connectivity index (χ0v) is 14.5. The average molecular weight is 340 g/mol. The van der Waals surface area contributed by atoms with Gasteiger partial charge in [-0.1, -0.05) is 6.07 Å². The molecule has 0 aliphatic carbocycles. The van der Waals surface area contributed by atoms with E-state index in [9.17, 15) is 5.11 Å². The summed E-state index contributed by atoms with van der Waals surface area (Å²) in [5, 5.41) is 12.3. The van der Waals surface area contributed by atoms with Gasteiger partial charge in [0.25, 0.3) is 0 Å². The number of aliphatic hydroxyl groups excluding tert-OH is 1. The lowest BCUT2D eigenvalue weighted by molar-refractivity contribution is -0.0287. The Kier molecular flexibility index (Phi) is 6.86. The molecule has 0 bridgehead atoms. The average Bonchev–Trinajstić information content (AvgIpc) is 3.23. The van der Waals surface area contributed by atoms with Gasteiger partial charge in [-0.25, -0.2) is 0 Å². The second-order valence-corrected chi connectivity index (χ2v) is 7.51. The predicted molar refractivity (Wildman–Crippen MR) is 91.8 cm³/mol. The molecular weight excluding hydrogens is 312 g/mol. The van der Waals surface area contributed by atoms with Crippen molar-refractivity contribution in [2.75, 3.05) is 52.5 Å². The highest BCUT2D eigenvalue weighted by molar-refractivity contribution is 7.09. The molecule has 130 valence electrons. The molecule has 0 aromatic carbocycles. The van der Waals surface area contributed by atoms with E-state index in [-0.39, 0.29) is 6.10 Å². The number of hydrogen-bond donors (Lipinski definition) is 1. The number of β-amino-alcohol motifs (C(OH)–C–C–N with tert-alkyl or cyclic N) is 1. The lowest BCUT2D eigenvalue weighted by Crippen LogP contribution is -2.48. The minimum Gasteiger partial charge on any atom is -0.389 e. The van der Waals surface area contributed by atoms with Crippen molar-refractivity contribution in [1.29, 1.82) is 0 Å². The van der Waals surface area contributed by atoms with Crippen LogP contribution in [0.25, 0.3) is 0 Å². The van der Waals surface area contributed by atoms with Crippen LogP contribution in [0, 0.1) is 0 Å². The maximum atomic E-state index is 10.1. The number of hydrogen-bond acceptors (Lipinski definition) is 6. The summed E-state index contributed by atoms with van der Waals surface area (Å²) in [6.45, 7) is 7.83. The Bertz CT molecular complexity index is 429. The van der Waals surface area contributed by atoms with E-state index in [0.717, 1.165) is 52.2 Å². The van der Waals surface area contributed by atoms with Crippen molar-refractivity contribution in [3.8, 4) is 0 Å². The third kappa shape index (κ3) is 5.81. The molecule has 0 saturated carbocycles. The summed E-state index contributed by atoms with van der Waals surface area (Å²) in [5.74, 6) is 0. The van der Waals surface area contributed by atoms with Gasteiger partial charge in [-0.2, -0.15) is 0 Å². The smallest absolute Gasteiger partial charge is 0.0900 e. The van der Waals surface area contributed by atoms with Gasteiger partial charge in [0.05, 0.1) is 25.4 Å². The Hall–Kier alpha value is -0.500. The fourth-order valence-corrected chi connectivity index (χ4v) is 3.96. The van der Waals surface area contributed by atoms with Crippen molar-refractivity contribution < 1.29 is 14.6 Å². The molecule has 0 amide bonds. The van der Waals surface area contributed by atoms with Crippen molar-refractivity contribution in [2.24, 2.45) is 0 Å². The SMILES string of the molecule is OC(COCC1CCCO1)CN1CCN(Cc2cccs2)CC1. The monoisotopic (exact) mass is 340 g/mol. The first-order valence-corrected chi connectivity index (χ1v) is 9.52. The highest BCUT2D eigenvalue weighted by atomic mass is 32.1. The highest BCUT2D eigenvalue weighted by Crippen LogP contribution is 2.14. The van der Waals surface area contributed by atoms with Crippen molar-refractivity contribution in [2.45, 2.75) is 31.6 Å². The molecular formula is C17H28N2O3S. The van der Waals surface area contributed by atoms with Crippen molar-refractivity contribution in [3.63, 3.8) is 0 Å². The lowest BCUT2D eigenvalue weighted by atomic mass is 10.2. The zero-order valence-electron chi connectivity index (χ0n) is 13.7. The minimum absolute atomic E-state index is 0.239. The van der Waals surface area contributed by atoms with Gasteiger partial charge in [0.15, 0.2) is 0 Å². The predicted octanol–water partition coefficient (Wildman–Crippen LogP) is 1.42. The molecule has 2 atom stereocenters. The Morgan fingerprint density at radius 2 is 2.13 bits per heavy atom. The van der Waals surface area contributed by atoms with Gasteiger partial charge in [0.1, 0.15) is 0 Å². The largest absolute Gasteiger partial charge is 0.389 e. The quantitative estimate of drug-likeness (QED) is 0.775. The molecule has 2 aliphatic rings. The van der Waals surface area contributed by atoms with Gasteiger partial charge in [-0.15, -0.1) is 11.3 Å². The number of aliphatic hydroxyl groups is 1. The Morgan fingerprint density at radius 1 is 1.30 bits per heavy atom. The van der Waals surface area contributed by atoms with E-state index in [1.54, 1.807) is 0 Å². The van der Waals surface area contributed by atoms with E-state index >= 15 is 0 Å². The fraction of sp³-hybridized carbons (Fsp3) is 0.765. The van der Waals surface area contributed by atoms with Crippen LogP contribution in [-0.4, -0.2) is 79.7 Å². The summed E-state index contributed by atoms with van der Waals surface area (Å²) < 4.78 is 11.1. The maximum absolute atomic E-state index is 10.1. The summed E-state index contributed by atoms with van der Waals surface area (Å²) >= 11 is 1.83. The van der Waals surface area contributed by atoms with Crippen molar-refractivity contribution >= 4 is 11.3 Å². The summed E-state index contributed by atoms with van der Waals surface area (Å²) in [4.78, 5) is 6.26. The van der Waals surface area contributed by atoms with Crippen LogP contribution in [0.15, 0.2) is 17.5 Å². The first-order chi connectivity index (χ1) is 11.3. The molecule has 0 spiro atoms. The Labute approximate surface area is 142 Å². The van der Waals surface area contributed by atoms with Gasteiger partial charge in [-0.05, 0) is 24.3 Å². The standard InChI is InChI=1S/C17H28N2O3S/c20-15(13-21-14-16-3-1-9-22-16)11-18-5-7-19(8-6-18)12-17-4-2-10-23-17/h2,4,10,15-16,20H,1,3,5-9,11-14H2. The minimum atomic E-state index is -0.403. The Balaban J connectivity index is 1.27. The first kappa shape index (κ1) is 17.3. The van der Waals surface area contributed by atoms with Crippen LogP contribution >= 0.6 is 11.3 Å². The van der Waals surface area contributed by atoms with E-state index in [4.69, 9.17) is 9.47 Å². The summed E-state index contributed by atoms with van der Waals surface area (Å²) in [7, 11) is 0. The maximum Gasteiger partial charge on any atom is 0.0900 e. The second kappa shape index (κ2) is 9.11. The fourth-order valence-electron chi connectivity index (χ4n) is 3.21. The van der Waals surface area contributed by atoms with Crippen LogP contribution in [0.5, 0.6) is 0 Å². The highest BCUT2D eigenvalue weighted by Gasteiger charge is 2.20. The zero-order chi connectivity index (χ0) is 15.9. The topological polar surface area (TPSA) is 45.2 Å². The molecule has 2 unspecified atom stereocenters. The number of piperazine rings is 1. The van der Waals surface area contributed by atoms with E-state index in [1.165, 1.54) is 4.88 Å². The van der Waals surface area contributed by atoms with E-state index < -0.39 is 6.10 Å². The first-order valence-electron chi connectivity index (χ1n) is 8.64. The van der Waals surface area contributed by atoms with Gasteiger partial charge >= 0.3 is 0 Å². The van der Waals surface area contributed by atoms with Crippen molar-refractivity contribution in [1.82, 2.24) is 9.80 Å². The lowest BCUT2D eigenvalue weighted by Gasteiger charge is -2.35. The van der Waals surface area contributed by atoms with E-state index in [0.29, 0.717) is 19.8 Å². The molecule has 3 rings (SSSR count). The molecule has 2 saturated heterocycles. The summed E-state index contributed by atoms with van der Waals surface area (Å²) in [6, 6.07) is 4.31. The number of ether oxygens (including phenoxy) is 2. The molecule has 5 nitrogen and oxygen atoms in total. The van der Waals surface area contributed by atoms with Crippen LogP contribution < -0.4 is 0 Å². The van der Waals surface area contributed by atoms with Gasteiger partial charge < -0.3 is 14.6 Å². The van der Waals surface area contributed by atoms with Gasteiger partial charge in [-0.3, -0.25) is 9.80 Å². The van der Waals surface area contributed by atoms with Crippen LogP contribution in [0.4, 0.5) is 0 Å². The van der Waals surface area contributed by atoms with Crippen LogP contribution in [-0.2, 0) is 16.0 Å². The van der Waals surface area contributed by atoms with E-state index in [1.807, 2.05) is 11.3 Å². The molecule has 1 N–H and O–H groups in total. The molecule has 1 aromatic heterocycles. The molecule has 1 aromatic rings. The molecule has 2 aliphatic heterocycles. The van der Waals surface area contributed by atoms with Crippen LogP contribution in [0.1, 0.15) is 17.7 Å². The number of thiophene rings is 1.